The van der Waals surface area contributed by atoms with Crippen LogP contribution in [0.3, 0.4) is 0 Å². The van der Waals surface area contributed by atoms with Crippen LogP contribution in [-0.2, 0) is 6.18 Å². The zero-order valence-electron chi connectivity index (χ0n) is 18.0. The summed E-state index contributed by atoms with van der Waals surface area (Å²) in [5.41, 5.74) is 2.24. The molecule has 0 saturated carbocycles. The molecule has 0 radical (unpaired) electrons. The minimum absolute atomic E-state index is 0.318. The van der Waals surface area contributed by atoms with Gasteiger partial charge in [-0.3, -0.25) is 9.97 Å². The van der Waals surface area contributed by atoms with Crippen molar-refractivity contribution in [1.82, 2.24) is 14.9 Å². The third-order valence-electron chi connectivity index (χ3n) is 5.39. The number of halogens is 4. The quantitative estimate of drug-likeness (QED) is 0.333. The van der Waals surface area contributed by atoms with E-state index in [2.05, 4.69) is 25.5 Å². The van der Waals surface area contributed by atoms with Crippen molar-refractivity contribution in [3.8, 4) is 0 Å². The van der Waals surface area contributed by atoms with Crippen LogP contribution < -0.4 is 10.6 Å². The topological polar surface area (TPSA) is 53.1 Å². The molecule has 172 valence electrons. The number of nitrogens with zero attached hydrogens (tertiary/aromatic N) is 3. The Morgan fingerprint density at radius 1 is 0.818 bits per heavy atom. The monoisotopic (exact) mass is 473 g/mol. The van der Waals surface area contributed by atoms with Gasteiger partial charge in [0.25, 0.3) is 0 Å². The zero-order chi connectivity index (χ0) is 23.4. The van der Waals surface area contributed by atoms with Crippen molar-refractivity contribution in [2.45, 2.75) is 6.18 Å². The molecule has 4 rings (SSSR count). The first-order chi connectivity index (χ1) is 15.8. The molecule has 9 heteroatoms. The lowest BCUT2D eigenvalue weighted by Gasteiger charge is -2.19. The highest BCUT2D eigenvalue weighted by Crippen LogP contribution is 2.32. The summed E-state index contributed by atoms with van der Waals surface area (Å²) in [7, 11) is 2.02. The summed E-state index contributed by atoms with van der Waals surface area (Å²) in [5.74, 6) is 0. The summed E-state index contributed by atoms with van der Waals surface area (Å²) in [5, 5.41) is 9.09. The van der Waals surface area contributed by atoms with Gasteiger partial charge in [-0.25, -0.2) is 0 Å². The smallest absolute Gasteiger partial charge is 0.383 e. The number of hydrogen-bond donors (Lipinski definition) is 2. The molecule has 0 bridgehead atoms. The maximum atomic E-state index is 12.9. The van der Waals surface area contributed by atoms with Crippen LogP contribution >= 0.6 is 11.6 Å². The largest absolute Gasteiger partial charge is 0.416 e. The SMILES string of the molecule is CN(CCNc1ccnc2cc(Cl)ccc12)CCNc1ccnc2cc(C(F)(F)F)ccc12. The van der Waals surface area contributed by atoms with Gasteiger partial charge < -0.3 is 15.5 Å². The molecular weight excluding hydrogens is 451 g/mol. The molecule has 0 spiro atoms. The fourth-order valence-corrected chi connectivity index (χ4v) is 3.79. The number of fused-ring (bicyclic) bond motifs is 2. The highest BCUT2D eigenvalue weighted by atomic mass is 35.5. The van der Waals surface area contributed by atoms with Crippen molar-refractivity contribution in [1.29, 1.82) is 0 Å². The normalized spacial score (nSPS) is 11.9. The second kappa shape index (κ2) is 9.80. The lowest BCUT2D eigenvalue weighted by molar-refractivity contribution is -0.137. The van der Waals surface area contributed by atoms with Gasteiger partial charge in [-0.05, 0) is 49.5 Å². The van der Waals surface area contributed by atoms with E-state index >= 15 is 0 Å². The van der Waals surface area contributed by atoms with Crippen molar-refractivity contribution in [3.05, 3.63) is 71.5 Å². The Morgan fingerprint density at radius 3 is 1.94 bits per heavy atom. The van der Waals surface area contributed by atoms with Gasteiger partial charge >= 0.3 is 6.18 Å². The summed E-state index contributed by atoms with van der Waals surface area (Å²) in [6.07, 6.45) is -1.11. The second-order valence-corrected chi connectivity index (χ2v) is 8.20. The first kappa shape index (κ1) is 23.1. The van der Waals surface area contributed by atoms with Gasteiger partial charge in [-0.1, -0.05) is 17.7 Å². The highest BCUT2D eigenvalue weighted by molar-refractivity contribution is 6.31. The van der Waals surface area contributed by atoms with Crippen LogP contribution in [0.15, 0.2) is 60.9 Å². The van der Waals surface area contributed by atoms with Gasteiger partial charge in [0, 0.05) is 65.7 Å². The molecule has 0 unspecified atom stereocenters. The molecule has 0 amide bonds. The molecule has 0 aliphatic carbocycles. The van der Waals surface area contributed by atoms with Gasteiger partial charge in [0.2, 0.25) is 0 Å². The fraction of sp³-hybridized carbons (Fsp3) is 0.250. The maximum Gasteiger partial charge on any atom is 0.416 e. The van der Waals surface area contributed by atoms with Crippen LogP contribution in [0.5, 0.6) is 0 Å². The standard InChI is InChI=1S/C24H23ClF3N5/c1-33(13-11-32-21-7-9-30-23-15-17(25)3-5-19(21)23)12-10-31-20-6-8-29-22-14-16(24(26,27)28)2-4-18(20)22/h2-9,14-15H,10-13H2,1H3,(H,29,31)(H,30,32). The van der Waals surface area contributed by atoms with E-state index in [1.54, 1.807) is 12.3 Å². The number of pyridine rings is 2. The van der Waals surface area contributed by atoms with Gasteiger partial charge in [0.1, 0.15) is 0 Å². The number of alkyl halides is 3. The number of aromatic nitrogens is 2. The van der Waals surface area contributed by atoms with Gasteiger partial charge in [0.05, 0.1) is 16.6 Å². The van der Waals surface area contributed by atoms with E-state index < -0.39 is 11.7 Å². The zero-order valence-corrected chi connectivity index (χ0v) is 18.7. The van der Waals surface area contributed by atoms with E-state index in [1.807, 2.05) is 31.3 Å². The summed E-state index contributed by atoms with van der Waals surface area (Å²) < 4.78 is 38.8. The minimum Gasteiger partial charge on any atom is -0.383 e. The molecule has 0 fully saturated rings. The Bertz CT molecular complexity index is 1260. The van der Waals surface area contributed by atoms with Crippen LogP contribution in [0, 0.1) is 0 Å². The lowest BCUT2D eigenvalue weighted by atomic mass is 10.1. The number of anilines is 2. The Morgan fingerprint density at radius 2 is 1.36 bits per heavy atom. The molecule has 0 aliphatic heterocycles. The van der Waals surface area contributed by atoms with Gasteiger partial charge in [-0.15, -0.1) is 0 Å². The molecule has 2 aromatic carbocycles. The Kier molecular flexibility index (Phi) is 6.85. The molecule has 4 aromatic rings. The van der Waals surface area contributed by atoms with Crippen molar-refractivity contribution in [3.63, 3.8) is 0 Å². The summed E-state index contributed by atoms with van der Waals surface area (Å²) in [6, 6.07) is 13.0. The number of rotatable bonds is 8. The van der Waals surface area contributed by atoms with Crippen molar-refractivity contribution in [2.75, 3.05) is 43.9 Å². The maximum absolute atomic E-state index is 12.9. The molecular formula is C24H23ClF3N5. The van der Waals surface area contributed by atoms with Crippen LogP contribution in [0.4, 0.5) is 24.5 Å². The molecule has 2 N–H and O–H groups in total. The summed E-state index contributed by atoms with van der Waals surface area (Å²) in [6.45, 7) is 2.97. The van der Waals surface area contributed by atoms with Crippen LogP contribution in [-0.4, -0.2) is 48.1 Å². The third-order valence-corrected chi connectivity index (χ3v) is 5.63. The second-order valence-electron chi connectivity index (χ2n) is 7.77. The van der Waals surface area contributed by atoms with E-state index in [1.165, 1.54) is 12.3 Å². The molecule has 5 nitrogen and oxygen atoms in total. The van der Waals surface area contributed by atoms with Crippen LogP contribution in [0.2, 0.25) is 5.02 Å². The number of likely N-dealkylation sites (N-methyl/N-ethyl adjacent to an activating group) is 1. The molecule has 2 heterocycles. The average Bonchev–Trinajstić information content (AvgIpc) is 2.78. The Labute approximate surface area is 194 Å². The number of benzene rings is 2. The van der Waals surface area contributed by atoms with Crippen LogP contribution in [0.25, 0.3) is 21.8 Å². The highest BCUT2D eigenvalue weighted by Gasteiger charge is 2.30. The first-order valence-electron chi connectivity index (χ1n) is 10.5. The van der Waals surface area contributed by atoms with E-state index in [4.69, 9.17) is 11.6 Å². The van der Waals surface area contributed by atoms with Gasteiger partial charge in [0.15, 0.2) is 0 Å². The lowest BCUT2D eigenvalue weighted by Crippen LogP contribution is -2.29. The number of nitrogens with one attached hydrogen (secondary N) is 2. The Hall–Kier alpha value is -3.10. The summed E-state index contributed by atoms with van der Waals surface area (Å²) >= 11 is 6.05. The van der Waals surface area contributed by atoms with E-state index in [-0.39, 0.29) is 0 Å². The number of hydrogen-bond acceptors (Lipinski definition) is 5. The predicted molar refractivity (Wildman–Crippen MR) is 128 cm³/mol. The van der Waals surface area contributed by atoms with Crippen LogP contribution in [0.1, 0.15) is 5.56 Å². The molecule has 0 aliphatic rings. The minimum atomic E-state index is -4.38. The van der Waals surface area contributed by atoms with Crippen molar-refractivity contribution < 1.29 is 13.2 Å². The van der Waals surface area contributed by atoms with E-state index in [9.17, 15) is 13.2 Å². The molecule has 0 atom stereocenters. The van der Waals surface area contributed by atoms with Crippen molar-refractivity contribution in [2.24, 2.45) is 0 Å². The van der Waals surface area contributed by atoms with Gasteiger partial charge in [-0.2, -0.15) is 13.2 Å². The first-order valence-corrected chi connectivity index (χ1v) is 10.9. The Balaban J connectivity index is 1.29. The third kappa shape index (κ3) is 5.64. The van der Waals surface area contributed by atoms with E-state index in [0.29, 0.717) is 22.5 Å². The molecule has 2 aromatic heterocycles. The molecule has 0 saturated heterocycles. The summed E-state index contributed by atoms with van der Waals surface area (Å²) in [4.78, 5) is 10.6. The fourth-order valence-electron chi connectivity index (χ4n) is 3.63. The predicted octanol–water partition coefficient (Wildman–Crippen LogP) is 5.91. The average molecular weight is 474 g/mol. The van der Waals surface area contributed by atoms with Crippen molar-refractivity contribution >= 4 is 44.8 Å². The molecule has 33 heavy (non-hydrogen) atoms. The van der Waals surface area contributed by atoms with E-state index in [0.717, 1.165) is 54.0 Å².